The van der Waals surface area contributed by atoms with Crippen LogP contribution in [0.1, 0.15) is 20.8 Å². The lowest BCUT2D eigenvalue weighted by molar-refractivity contribution is -0.125. The molecule has 0 bridgehead atoms. The van der Waals surface area contributed by atoms with E-state index in [-0.39, 0.29) is 17.9 Å². The number of nitrogens with two attached hydrogens (primary N) is 1. The molecule has 11 heavy (non-hydrogen) atoms. The molecule has 0 fully saturated rings. The molecule has 0 radical (unpaired) electrons. The van der Waals surface area contributed by atoms with Gasteiger partial charge in [-0.2, -0.15) is 0 Å². The van der Waals surface area contributed by atoms with Crippen LogP contribution in [0.3, 0.4) is 0 Å². The average molecular weight is 160 g/mol. The zero-order valence-electron chi connectivity index (χ0n) is 7.16. The number of hydrogen-bond donors (Lipinski definition) is 3. The Balaban J connectivity index is 3.76. The lowest BCUT2D eigenvalue weighted by Crippen LogP contribution is -2.46. The Labute approximate surface area is 66.8 Å². The summed E-state index contributed by atoms with van der Waals surface area (Å²) in [6.45, 7) is 5.22. The fraction of sp³-hybridized carbons (Fsp3) is 0.857. The van der Waals surface area contributed by atoms with Crippen molar-refractivity contribution in [2.45, 2.75) is 33.0 Å². The van der Waals surface area contributed by atoms with Gasteiger partial charge in [-0.1, -0.05) is 13.8 Å². The van der Waals surface area contributed by atoms with Crippen LogP contribution in [0.5, 0.6) is 0 Å². The SMILES string of the molecule is CC(C)C(=O)N[C@H](C)C(N)O. The molecule has 0 aromatic carbocycles. The van der Waals surface area contributed by atoms with Crippen LogP contribution in [0, 0.1) is 5.92 Å². The highest BCUT2D eigenvalue weighted by Crippen LogP contribution is 1.93. The van der Waals surface area contributed by atoms with Gasteiger partial charge in [0.15, 0.2) is 0 Å². The molecule has 0 aromatic heterocycles. The molecule has 1 amide bonds. The van der Waals surface area contributed by atoms with Crippen molar-refractivity contribution >= 4 is 5.91 Å². The van der Waals surface area contributed by atoms with Crippen molar-refractivity contribution in [1.29, 1.82) is 0 Å². The van der Waals surface area contributed by atoms with Gasteiger partial charge in [0.1, 0.15) is 6.23 Å². The van der Waals surface area contributed by atoms with Gasteiger partial charge in [-0.15, -0.1) is 0 Å². The third kappa shape index (κ3) is 3.95. The molecular weight excluding hydrogens is 144 g/mol. The molecule has 2 atom stereocenters. The van der Waals surface area contributed by atoms with E-state index in [0.717, 1.165) is 0 Å². The van der Waals surface area contributed by atoms with Gasteiger partial charge < -0.3 is 16.2 Å². The van der Waals surface area contributed by atoms with Crippen LogP contribution in [0.25, 0.3) is 0 Å². The van der Waals surface area contributed by atoms with E-state index in [1.807, 2.05) is 0 Å². The van der Waals surface area contributed by atoms with Crippen LogP contribution in [0.15, 0.2) is 0 Å². The Morgan fingerprint density at radius 2 is 1.91 bits per heavy atom. The summed E-state index contributed by atoms with van der Waals surface area (Å²) in [6.07, 6.45) is -0.988. The van der Waals surface area contributed by atoms with Crippen LogP contribution in [0.2, 0.25) is 0 Å². The zero-order valence-corrected chi connectivity index (χ0v) is 7.16. The summed E-state index contributed by atoms with van der Waals surface area (Å²) in [5.41, 5.74) is 5.13. The molecule has 4 heteroatoms. The Morgan fingerprint density at radius 3 is 2.18 bits per heavy atom. The number of aliphatic hydroxyl groups excluding tert-OH is 1. The Kier molecular flexibility index (Phi) is 4.07. The Hall–Kier alpha value is -0.610. The summed E-state index contributed by atoms with van der Waals surface area (Å²) in [4.78, 5) is 11.0. The maximum Gasteiger partial charge on any atom is 0.222 e. The third-order valence-electron chi connectivity index (χ3n) is 1.41. The van der Waals surface area contributed by atoms with E-state index in [2.05, 4.69) is 5.32 Å². The maximum atomic E-state index is 11.0. The van der Waals surface area contributed by atoms with Gasteiger partial charge in [0.05, 0.1) is 6.04 Å². The first-order chi connectivity index (χ1) is 4.95. The molecular formula is C7H16N2O2. The van der Waals surface area contributed by atoms with Gasteiger partial charge in [0, 0.05) is 5.92 Å². The molecule has 4 N–H and O–H groups in total. The van der Waals surface area contributed by atoms with E-state index in [4.69, 9.17) is 10.8 Å². The smallest absolute Gasteiger partial charge is 0.222 e. The summed E-state index contributed by atoms with van der Waals surface area (Å²) < 4.78 is 0. The molecule has 0 heterocycles. The first kappa shape index (κ1) is 10.4. The molecule has 0 aliphatic carbocycles. The van der Waals surface area contributed by atoms with Crippen LogP contribution in [-0.2, 0) is 4.79 Å². The van der Waals surface area contributed by atoms with Gasteiger partial charge in [-0.05, 0) is 6.92 Å². The fourth-order valence-corrected chi connectivity index (χ4v) is 0.476. The van der Waals surface area contributed by atoms with Gasteiger partial charge in [0.2, 0.25) is 5.91 Å². The van der Waals surface area contributed by atoms with E-state index in [1.54, 1.807) is 20.8 Å². The van der Waals surface area contributed by atoms with Crippen molar-refractivity contribution in [2.24, 2.45) is 11.7 Å². The quantitative estimate of drug-likeness (QED) is 0.484. The standard InChI is InChI=1S/C7H16N2O2/c1-4(2)7(11)9-5(3)6(8)10/h4-6,10H,8H2,1-3H3,(H,9,11)/t5-,6?/m1/s1. The van der Waals surface area contributed by atoms with E-state index in [0.29, 0.717) is 0 Å². The number of carbonyl (C=O) groups excluding carboxylic acids is 1. The molecule has 0 aromatic rings. The molecule has 0 saturated carbocycles. The number of aliphatic hydroxyl groups is 1. The number of rotatable bonds is 3. The third-order valence-corrected chi connectivity index (χ3v) is 1.41. The molecule has 0 spiro atoms. The monoisotopic (exact) mass is 160 g/mol. The van der Waals surface area contributed by atoms with E-state index >= 15 is 0 Å². The molecule has 4 nitrogen and oxygen atoms in total. The lowest BCUT2D eigenvalue weighted by atomic mass is 10.2. The number of nitrogens with one attached hydrogen (secondary N) is 1. The fourth-order valence-electron chi connectivity index (χ4n) is 0.476. The number of hydrogen-bond acceptors (Lipinski definition) is 3. The van der Waals surface area contributed by atoms with Crippen molar-refractivity contribution in [1.82, 2.24) is 5.32 Å². The van der Waals surface area contributed by atoms with Crippen LogP contribution < -0.4 is 11.1 Å². The Morgan fingerprint density at radius 1 is 1.45 bits per heavy atom. The molecule has 0 aliphatic rings. The van der Waals surface area contributed by atoms with E-state index < -0.39 is 6.23 Å². The Bertz CT molecular complexity index is 134. The van der Waals surface area contributed by atoms with Gasteiger partial charge >= 0.3 is 0 Å². The van der Waals surface area contributed by atoms with Gasteiger partial charge in [0.25, 0.3) is 0 Å². The second kappa shape index (κ2) is 4.31. The predicted octanol–water partition coefficient (Wildman–Crippen LogP) is -0.576. The van der Waals surface area contributed by atoms with Crippen molar-refractivity contribution < 1.29 is 9.90 Å². The maximum absolute atomic E-state index is 11.0. The first-order valence-corrected chi connectivity index (χ1v) is 3.69. The van der Waals surface area contributed by atoms with Crippen LogP contribution in [-0.4, -0.2) is 23.3 Å². The minimum atomic E-state index is -0.988. The van der Waals surface area contributed by atoms with Crippen LogP contribution in [0.4, 0.5) is 0 Å². The minimum Gasteiger partial charge on any atom is -0.377 e. The lowest BCUT2D eigenvalue weighted by Gasteiger charge is -2.17. The topological polar surface area (TPSA) is 75.4 Å². The van der Waals surface area contributed by atoms with Crippen molar-refractivity contribution in [3.63, 3.8) is 0 Å². The molecule has 0 aliphatic heterocycles. The van der Waals surface area contributed by atoms with E-state index in [9.17, 15) is 4.79 Å². The largest absolute Gasteiger partial charge is 0.377 e. The molecule has 0 saturated heterocycles. The molecule has 0 rings (SSSR count). The van der Waals surface area contributed by atoms with Crippen LogP contribution >= 0.6 is 0 Å². The summed E-state index contributed by atoms with van der Waals surface area (Å²) in [6, 6.07) is -0.384. The average Bonchev–Trinajstić information content (AvgIpc) is 1.87. The van der Waals surface area contributed by atoms with Crippen molar-refractivity contribution in [3.05, 3.63) is 0 Å². The molecule has 66 valence electrons. The summed E-state index contributed by atoms with van der Waals surface area (Å²) in [5, 5.41) is 11.4. The second-order valence-corrected chi connectivity index (χ2v) is 2.94. The van der Waals surface area contributed by atoms with E-state index in [1.165, 1.54) is 0 Å². The van der Waals surface area contributed by atoms with Crippen molar-refractivity contribution in [3.8, 4) is 0 Å². The normalized spacial score (nSPS) is 16.2. The first-order valence-electron chi connectivity index (χ1n) is 3.69. The summed E-state index contributed by atoms with van der Waals surface area (Å²) in [5.74, 6) is -0.168. The predicted molar refractivity (Wildman–Crippen MR) is 42.6 cm³/mol. The number of amides is 1. The molecule has 1 unspecified atom stereocenters. The van der Waals surface area contributed by atoms with Gasteiger partial charge in [-0.3, -0.25) is 4.79 Å². The highest BCUT2D eigenvalue weighted by Gasteiger charge is 2.13. The summed E-state index contributed by atoms with van der Waals surface area (Å²) >= 11 is 0. The minimum absolute atomic E-state index is 0.0730. The van der Waals surface area contributed by atoms with Gasteiger partial charge in [-0.25, -0.2) is 0 Å². The summed E-state index contributed by atoms with van der Waals surface area (Å²) in [7, 11) is 0. The van der Waals surface area contributed by atoms with Crippen molar-refractivity contribution in [2.75, 3.05) is 0 Å². The number of carbonyl (C=O) groups is 1. The highest BCUT2D eigenvalue weighted by molar-refractivity contribution is 5.78. The highest BCUT2D eigenvalue weighted by atomic mass is 16.3. The second-order valence-electron chi connectivity index (χ2n) is 2.94. The zero-order chi connectivity index (χ0) is 9.02.